The highest BCUT2D eigenvalue weighted by molar-refractivity contribution is 7.99. The van der Waals surface area contributed by atoms with Gasteiger partial charge in [-0.25, -0.2) is 0 Å². The average Bonchev–Trinajstić information content (AvgIpc) is 2.46. The number of esters is 1. The summed E-state index contributed by atoms with van der Waals surface area (Å²) in [6.07, 6.45) is 2.81. The highest BCUT2D eigenvalue weighted by Crippen LogP contribution is 2.24. The van der Waals surface area contributed by atoms with Crippen LogP contribution in [0.5, 0.6) is 0 Å². The van der Waals surface area contributed by atoms with Crippen LogP contribution in [0.2, 0.25) is 5.02 Å². The van der Waals surface area contributed by atoms with Gasteiger partial charge in [0.1, 0.15) is 5.54 Å². The standard InChI is InChI=1S/C16H24ClNO2S/c1-4-18-16(2,15(19)20-3)10-5-6-11-21-14-9-7-8-13(17)12-14/h7-9,12,18H,4-6,10-11H2,1-3H3. The lowest BCUT2D eigenvalue weighted by Gasteiger charge is -2.27. The summed E-state index contributed by atoms with van der Waals surface area (Å²) in [5.74, 6) is 0.829. The van der Waals surface area contributed by atoms with E-state index in [1.54, 1.807) is 11.8 Å². The van der Waals surface area contributed by atoms with Crippen LogP contribution in [0.15, 0.2) is 29.2 Å². The first-order chi connectivity index (χ1) is 10.0. The van der Waals surface area contributed by atoms with Gasteiger partial charge in [-0.1, -0.05) is 31.0 Å². The predicted molar refractivity (Wildman–Crippen MR) is 90.1 cm³/mol. The van der Waals surface area contributed by atoms with Gasteiger partial charge in [0.15, 0.2) is 0 Å². The smallest absolute Gasteiger partial charge is 0.325 e. The molecule has 1 N–H and O–H groups in total. The second kappa shape index (κ2) is 9.34. The molecule has 1 aromatic carbocycles. The minimum Gasteiger partial charge on any atom is -0.468 e. The highest BCUT2D eigenvalue weighted by atomic mass is 35.5. The van der Waals surface area contributed by atoms with Crippen molar-refractivity contribution in [1.29, 1.82) is 0 Å². The Balaban J connectivity index is 2.33. The fourth-order valence-corrected chi connectivity index (χ4v) is 3.43. The Labute approximate surface area is 136 Å². The molecule has 0 saturated carbocycles. The van der Waals surface area contributed by atoms with E-state index in [1.165, 1.54) is 12.0 Å². The molecule has 1 atom stereocenters. The first-order valence-corrected chi connectivity index (χ1v) is 8.60. The van der Waals surface area contributed by atoms with E-state index in [2.05, 4.69) is 11.4 Å². The fourth-order valence-electron chi connectivity index (χ4n) is 2.21. The third-order valence-electron chi connectivity index (χ3n) is 3.34. The van der Waals surface area contributed by atoms with Crippen LogP contribution in [0, 0.1) is 0 Å². The third kappa shape index (κ3) is 6.29. The lowest BCUT2D eigenvalue weighted by molar-refractivity contribution is -0.148. The van der Waals surface area contributed by atoms with Gasteiger partial charge >= 0.3 is 5.97 Å². The molecule has 0 heterocycles. The molecule has 0 spiro atoms. The summed E-state index contributed by atoms with van der Waals surface area (Å²) in [6.45, 7) is 4.66. The number of hydrogen-bond donors (Lipinski definition) is 1. The van der Waals surface area contributed by atoms with E-state index in [4.69, 9.17) is 16.3 Å². The van der Waals surface area contributed by atoms with Crippen molar-refractivity contribution in [3.05, 3.63) is 29.3 Å². The van der Waals surface area contributed by atoms with Crippen molar-refractivity contribution in [3.63, 3.8) is 0 Å². The van der Waals surface area contributed by atoms with Crippen LogP contribution in [-0.2, 0) is 9.53 Å². The number of carbonyl (C=O) groups excluding carboxylic acids is 1. The topological polar surface area (TPSA) is 38.3 Å². The summed E-state index contributed by atoms with van der Waals surface area (Å²) in [7, 11) is 1.44. The van der Waals surface area contributed by atoms with Crippen LogP contribution in [0.4, 0.5) is 0 Å². The van der Waals surface area contributed by atoms with E-state index in [0.29, 0.717) is 0 Å². The van der Waals surface area contributed by atoms with Crippen LogP contribution < -0.4 is 5.32 Å². The zero-order valence-electron chi connectivity index (χ0n) is 12.9. The van der Waals surface area contributed by atoms with Gasteiger partial charge in [-0.15, -0.1) is 11.8 Å². The Morgan fingerprint density at radius 3 is 2.81 bits per heavy atom. The van der Waals surface area contributed by atoms with Crippen LogP contribution in [-0.4, -0.2) is 30.9 Å². The molecule has 0 bridgehead atoms. The molecule has 21 heavy (non-hydrogen) atoms. The highest BCUT2D eigenvalue weighted by Gasteiger charge is 2.32. The predicted octanol–water partition coefficient (Wildman–Crippen LogP) is 4.14. The number of ether oxygens (including phenoxy) is 1. The van der Waals surface area contributed by atoms with Gasteiger partial charge in [-0.3, -0.25) is 4.79 Å². The van der Waals surface area contributed by atoms with Gasteiger partial charge in [-0.05, 0) is 50.3 Å². The molecule has 1 aromatic rings. The molecule has 0 aliphatic carbocycles. The first kappa shape index (κ1) is 18.3. The number of halogens is 1. The van der Waals surface area contributed by atoms with Crippen molar-refractivity contribution in [2.45, 2.75) is 43.5 Å². The molecule has 0 aliphatic heterocycles. The molecule has 0 fully saturated rings. The zero-order valence-corrected chi connectivity index (χ0v) is 14.5. The van der Waals surface area contributed by atoms with Gasteiger partial charge in [0.25, 0.3) is 0 Å². The Morgan fingerprint density at radius 1 is 1.43 bits per heavy atom. The fraction of sp³-hybridized carbons (Fsp3) is 0.562. The molecule has 0 saturated heterocycles. The van der Waals surface area contributed by atoms with Crippen LogP contribution in [0.3, 0.4) is 0 Å². The third-order valence-corrected chi connectivity index (χ3v) is 4.65. The number of unbranched alkanes of at least 4 members (excludes halogenated alkanes) is 1. The van der Waals surface area contributed by atoms with Crippen LogP contribution >= 0.6 is 23.4 Å². The van der Waals surface area contributed by atoms with Crippen LogP contribution in [0.1, 0.15) is 33.1 Å². The largest absolute Gasteiger partial charge is 0.468 e. The lowest BCUT2D eigenvalue weighted by Crippen LogP contribution is -2.50. The molecule has 0 amide bonds. The second-order valence-corrected chi connectivity index (χ2v) is 6.72. The summed E-state index contributed by atoms with van der Waals surface area (Å²) >= 11 is 7.75. The number of thioether (sulfide) groups is 1. The summed E-state index contributed by atoms with van der Waals surface area (Å²) in [5, 5.41) is 4.00. The molecule has 5 heteroatoms. The first-order valence-electron chi connectivity index (χ1n) is 7.23. The summed E-state index contributed by atoms with van der Waals surface area (Å²) in [6, 6.07) is 7.88. The van der Waals surface area contributed by atoms with Crippen molar-refractivity contribution >= 4 is 29.3 Å². The number of methoxy groups -OCH3 is 1. The maximum absolute atomic E-state index is 11.8. The minimum atomic E-state index is -0.579. The van der Waals surface area contributed by atoms with E-state index in [1.807, 2.05) is 32.0 Å². The molecule has 1 unspecified atom stereocenters. The quantitative estimate of drug-likeness (QED) is 0.420. The minimum absolute atomic E-state index is 0.188. The van der Waals surface area contributed by atoms with Crippen LogP contribution in [0.25, 0.3) is 0 Å². The van der Waals surface area contributed by atoms with E-state index in [-0.39, 0.29) is 5.97 Å². The Hall–Kier alpha value is -0.710. The van der Waals surface area contributed by atoms with Crippen molar-refractivity contribution in [2.75, 3.05) is 19.4 Å². The SMILES string of the molecule is CCNC(C)(CCCCSc1cccc(Cl)c1)C(=O)OC. The van der Waals surface area contributed by atoms with Gasteiger partial charge in [0, 0.05) is 9.92 Å². The number of benzene rings is 1. The summed E-state index contributed by atoms with van der Waals surface area (Å²) in [4.78, 5) is 13.0. The monoisotopic (exact) mass is 329 g/mol. The summed E-state index contributed by atoms with van der Waals surface area (Å²) < 4.78 is 4.89. The number of rotatable bonds is 9. The van der Waals surface area contributed by atoms with E-state index in [0.717, 1.165) is 36.6 Å². The Bertz CT molecular complexity index is 456. The lowest BCUT2D eigenvalue weighted by atomic mass is 9.95. The van der Waals surface area contributed by atoms with Gasteiger partial charge in [0.2, 0.25) is 0 Å². The van der Waals surface area contributed by atoms with Gasteiger partial charge in [0.05, 0.1) is 7.11 Å². The van der Waals surface area contributed by atoms with Crippen molar-refractivity contribution < 1.29 is 9.53 Å². The molecule has 0 aromatic heterocycles. The van der Waals surface area contributed by atoms with Crippen molar-refractivity contribution in [2.24, 2.45) is 0 Å². The van der Waals surface area contributed by atoms with Gasteiger partial charge < -0.3 is 10.1 Å². The second-order valence-electron chi connectivity index (χ2n) is 5.12. The van der Waals surface area contributed by atoms with Crippen molar-refractivity contribution in [3.8, 4) is 0 Å². The van der Waals surface area contributed by atoms with E-state index >= 15 is 0 Å². The maximum Gasteiger partial charge on any atom is 0.325 e. The summed E-state index contributed by atoms with van der Waals surface area (Å²) in [5.41, 5.74) is -0.579. The molecule has 1 rings (SSSR count). The number of hydrogen-bond acceptors (Lipinski definition) is 4. The maximum atomic E-state index is 11.8. The molecular formula is C16H24ClNO2S. The number of likely N-dealkylation sites (N-methyl/N-ethyl adjacent to an activating group) is 1. The average molecular weight is 330 g/mol. The van der Waals surface area contributed by atoms with Gasteiger partial charge in [-0.2, -0.15) is 0 Å². The van der Waals surface area contributed by atoms with E-state index < -0.39 is 5.54 Å². The molecule has 118 valence electrons. The molecular weight excluding hydrogens is 306 g/mol. The normalized spacial score (nSPS) is 13.7. The molecule has 0 radical (unpaired) electrons. The van der Waals surface area contributed by atoms with Crippen molar-refractivity contribution in [1.82, 2.24) is 5.32 Å². The Kier molecular flexibility index (Phi) is 8.15. The molecule has 0 aliphatic rings. The van der Waals surface area contributed by atoms with E-state index in [9.17, 15) is 4.79 Å². The number of nitrogens with one attached hydrogen (secondary N) is 1. The number of carbonyl (C=O) groups is 1. The molecule has 3 nitrogen and oxygen atoms in total. The Morgan fingerprint density at radius 2 is 2.19 bits per heavy atom. The zero-order chi connectivity index (χ0) is 15.7.